The second-order valence-corrected chi connectivity index (χ2v) is 2.73. The van der Waals surface area contributed by atoms with Crippen LogP contribution in [0, 0.1) is 6.92 Å². The van der Waals surface area contributed by atoms with Gasteiger partial charge in [0.15, 0.2) is 0 Å². The van der Waals surface area contributed by atoms with E-state index in [1.807, 2.05) is 17.8 Å². The Bertz CT molecular complexity index is 59.4. The standard InChI is InChI=1S/C7H13S/c1-4-6-7(5-2)8-3/h5,7H,1-2,4,6H2,3H3. The van der Waals surface area contributed by atoms with Crippen LogP contribution in [0.25, 0.3) is 0 Å². The van der Waals surface area contributed by atoms with Gasteiger partial charge >= 0.3 is 0 Å². The van der Waals surface area contributed by atoms with Crippen molar-refractivity contribution in [1.29, 1.82) is 0 Å². The third-order valence-electron chi connectivity index (χ3n) is 1.05. The summed E-state index contributed by atoms with van der Waals surface area (Å²) in [6.45, 7) is 7.46. The van der Waals surface area contributed by atoms with Crippen LogP contribution in [-0.2, 0) is 0 Å². The topological polar surface area (TPSA) is 0 Å². The van der Waals surface area contributed by atoms with E-state index in [2.05, 4.69) is 19.8 Å². The van der Waals surface area contributed by atoms with Gasteiger partial charge in [0.05, 0.1) is 0 Å². The van der Waals surface area contributed by atoms with Crippen LogP contribution in [0.3, 0.4) is 0 Å². The fourth-order valence-corrected chi connectivity index (χ4v) is 1.13. The van der Waals surface area contributed by atoms with Crippen molar-refractivity contribution in [3.63, 3.8) is 0 Å². The summed E-state index contributed by atoms with van der Waals surface area (Å²) in [6.07, 6.45) is 6.25. The summed E-state index contributed by atoms with van der Waals surface area (Å²) in [5.41, 5.74) is 0. The van der Waals surface area contributed by atoms with E-state index in [-0.39, 0.29) is 0 Å². The molecule has 8 heavy (non-hydrogen) atoms. The van der Waals surface area contributed by atoms with E-state index in [9.17, 15) is 0 Å². The molecule has 0 aromatic rings. The quantitative estimate of drug-likeness (QED) is 0.526. The minimum Gasteiger partial charge on any atom is -0.158 e. The number of thioether (sulfide) groups is 1. The molecule has 0 amide bonds. The van der Waals surface area contributed by atoms with Crippen LogP contribution in [0.2, 0.25) is 0 Å². The molecule has 0 fully saturated rings. The van der Waals surface area contributed by atoms with Crippen molar-refractivity contribution in [2.45, 2.75) is 18.1 Å². The molecule has 1 radical (unpaired) electrons. The highest BCUT2D eigenvalue weighted by atomic mass is 32.2. The van der Waals surface area contributed by atoms with Gasteiger partial charge in [-0.15, -0.1) is 6.58 Å². The van der Waals surface area contributed by atoms with Crippen LogP contribution in [0.4, 0.5) is 0 Å². The maximum absolute atomic E-state index is 3.76. The van der Waals surface area contributed by atoms with E-state index >= 15 is 0 Å². The van der Waals surface area contributed by atoms with Gasteiger partial charge in [0.2, 0.25) is 0 Å². The van der Waals surface area contributed by atoms with Crippen LogP contribution in [0.5, 0.6) is 0 Å². The first-order chi connectivity index (χ1) is 3.85. The molecule has 0 N–H and O–H groups in total. The Morgan fingerprint density at radius 2 is 2.38 bits per heavy atom. The molecule has 1 atom stereocenters. The maximum Gasteiger partial charge on any atom is 0.0221 e. The van der Waals surface area contributed by atoms with E-state index in [4.69, 9.17) is 0 Å². The van der Waals surface area contributed by atoms with Crippen LogP contribution in [0.15, 0.2) is 12.7 Å². The Balaban J connectivity index is 3.21. The van der Waals surface area contributed by atoms with Gasteiger partial charge < -0.3 is 0 Å². The van der Waals surface area contributed by atoms with Gasteiger partial charge in [-0.1, -0.05) is 19.4 Å². The predicted octanol–water partition coefficient (Wildman–Crippen LogP) is 2.52. The molecule has 0 aromatic heterocycles. The molecule has 0 spiro atoms. The average molecular weight is 129 g/mol. The SMILES string of the molecule is [CH2]CCC(C=C)SC. The normalized spacial score (nSPS) is 13.2. The van der Waals surface area contributed by atoms with Gasteiger partial charge in [0.25, 0.3) is 0 Å². The summed E-state index contributed by atoms with van der Waals surface area (Å²) in [5, 5.41) is 0.618. The van der Waals surface area contributed by atoms with Gasteiger partial charge in [-0.25, -0.2) is 0 Å². The van der Waals surface area contributed by atoms with Gasteiger partial charge in [-0.3, -0.25) is 0 Å². The third kappa shape index (κ3) is 3.14. The predicted molar refractivity (Wildman–Crippen MR) is 42.1 cm³/mol. The first-order valence-electron chi connectivity index (χ1n) is 2.79. The number of rotatable bonds is 4. The zero-order valence-electron chi connectivity index (χ0n) is 5.39. The molecule has 1 unspecified atom stereocenters. The summed E-state index contributed by atoms with van der Waals surface area (Å²) in [6, 6.07) is 0. The minimum atomic E-state index is 0.618. The lowest BCUT2D eigenvalue weighted by Crippen LogP contribution is -1.93. The molecule has 0 bridgehead atoms. The summed E-state index contributed by atoms with van der Waals surface area (Å²) in [7, 11) is 0. The molecule has 0 nitrogen and oxygen atoms in total. The molecule has 0 saturated heterocycles. The highest BCUT2D eigenvalue weighted by molar-refractivity contribution is 7.99. The van der Waals surface area contributed by atoms with Crippen LogP contribution in [0.1, 0.15) is 12.8 Å². The monoisotopic (exact) mass is 129 g/mol. The first kappa shape index (κ1) is 8.09. The Hall–Kier alpha value is 0.0900. The molecule has 0 heterocycles. The molecular formula is C7H13S. The second kappa shape index (κ2) is 5.23. The van der Waals surface area contributed by atoms with Gasteiger partial charge in [-0.2, -0.15) is 11.8 Å². The summed E-state index contributed by atoms with van der Waals surface area (Å²) < 4.78 is 0. The van der Waals surface area contributed by atoms with Crippen molar-refractivity contribution < 1.29 is 0 Å². The fourth-order valence-electron chi connectivity index (χ4n) is 0.533. The second-order valence-electron chi connectivity index (χ2n) is 1.65. The van der Waals surface area contributed by atoms with Crippen molar-refractivity contribution in [3.8, 4) is 0 Å². The van der Waals surface area contributed by atoms with E-state index in [1.165, 1.54) is 0 Å². The molecule has 0 rings (SSSR count). The molecule has 0 aliphatic carbocycles. The van der Waals surface area contributed by atoms with E-state index in [0.29, 0.717) is 5.25 Å². The number of hydrogen-bond donors (Lipinski definition) is 0. The summed E-state index contributed by atoms with van der Waals surface area (Å²) >= 11 is 1.84. The lowest BCUT2D eigenvalue weighted by Gasteiger charge is -2.04. The van der Waals surface area contributed by atoms with Crippen molar-refractivity contribution in [1.82, 2.24) is 0 Å². The Kier molecular flexibility index (Phi) is 5.29. The highest BCUT2D eigenvalue weighted by Gasteiger charge is 1.96. The Morgan fingerprint density at radius 1 is 1.75 bits per heavy atom. The van der Waals surface area contributed by atoms with E-state index < -0.39 is 0 Å². The minimum absolute atomic E-state index is 0.618. The van der Waals surface area contributed by atoms with E-state index in [0.717, 1.165) is 12.8 Å². The molecule has 0 aromatic carbocycles. The highest BCUT2D eigenvalue weighted by Crippen LogP contribution is 2.12. The number of hydrogen-bond acceptors (Lipinski definition) is 1. The van der Waals surface area contributed by atoms with Gasteiger partial charge in [0, 0.05) is 5.25 Å². The van der Waals surface area contributed by atoms with Gasteiger partial charge in [-0.05, 0) is 12.7 Å². The smallest absolute Gasteiger partial charge is 0.0221 e. The Labute approximate surface area is 56.4 Å². The molecule has 1 heteroatoms. The fraction of sp³-hybridized carbons (Fsp3) is 0.571. The lowest BCUT2D eigenvalue weighted by molar-refractivity contribution is 0.884. The van der Waals surface area contributed by atoms with Crippen molar-refractivity contribution in [2.75, 3.05) is 6.26 Å². The van der Waals surface area contributed by atoms with Crippen LogP contribution in [-0.4, -0.2) is 11.5 Å². The molecular weight excluding hydrogens is 116 g/mol. The third-order valence-corrected chi connectivity index (χ3v) is 2.09. The Morgan fingerprint density at radius 3 is 2.50 bits per heavy atom. The summed E-state index contributed by atoms with van der Waals surface area (Å²) in [5.74, 6) is 0. The van der Waals surface area contributed by atoms with E-state index in [1.54, 1.807) is 0 Å². The molecule has 47 valence electrons. The van der Waals surface area contributed by atoms with Gasteiger partial charge in [0.1, 0.15) is 0 Å². The van der Waals surface area contributed by atoms with Crippen molar-refractivity contribution in [2.24, 2.45) is 0 Å². The van der Waals surface area contributed by atoms with Crippen molar-refractivity contribution >= 4 is 11.8 Å². The van der Waals surface area contributed by atoms with Crippen LogP contribution < -0.4 is 0 Å². The molecule has 0 aliphatic rings. The molecule has 0 aliphatic heterocycles. The molecule has 0 saturated carbocycles. The first-order valence-corrected chi connectivity index (χ1v) is 4.08. The summed E-state index contributed by atoms with van der Waals surface area (Å²) in [4.78, 5) is 0. The lowest BCUT2D eigenvalue weighted by atomic mass is 10.2. The maximum atomic E-state index is 3.76. The zero-order valence-corrected chi connectivity index (χ0v) is 6.21. The van der Waals surface area contributed by atoms with Crippen LogP contribution >= 0.6 is 11.8 Å². The zero-order chi connectivity index (χ0) is 6.41. The average Bonchev–Trinajstić information content (AvgIpc) is 1.83. The van der Waals surface area contributed by atoms with Crippen molar-refractivity contribution in [3.05, 3.63) is 19.6 Å². The largest absolute Gasteiger partial charge is 0.158 e.